The van der Waals surface area contributed by atoms with Gasteiger partial charge in [-0.05, 0) is 46.5 Å². The van der Waals surface area contributed by atoms with Gasteiger partial charge in [-0.25, -0.2) is 4.98 Å². The first-order chi connectivity index (χ1) is 13.0. The minimum Gasteiger partial charge on any atom is -0.368 e. The molecule has 0 unspecified atom stereocenters. The topological polar surface area (TPSA) is 62.5 Å². The molecule has 7 heteroatoms. The number of benzene rings is 1. The van der Waals surface area contributed by atoms with Crippen molar-refractivity contribution in [3.05, 3.63) is 45.1 Å². The third kappa shape index (κ3) is 3.07. The Kier molecular flexibility index (Phi) is 4.57. The number of hydrogen-bond acceptors (Lipinski definition) is 6. The number of anilines is 1. The predicted molar refractivity (Wildman–Crippen MR) is 113 cm³/mol. The Morgan fingerprint density at radius 3 is 2.67 bits per heavy atom. The van der Waals surface area contributed by atoms with E-state index in [4.69, 9.17) is 4.98 Å². The molecule has 6 nitrogen and oxygen atoms in total. The highest BCUT2D eigenvalue weighted by atomic mass is 32.1. The number of fused-ring (bicyclic) bond motifs is 4. The van der Waals surface area contributed by atoms with Gasteiger partial charge in [0.2, 0.25) is 0 Å². The van der Waals surface area contributed by atoms with Crippen LogP contribution in [0.25, 0.3) is 26.6 Å². The van der Waals surface area contributed by atoms with Crippen molar-refractivity contribution in [3.63, 3.8) is 0 Å². The Balaban J connectivity index is 1.93. The Labute approximate surface area is 161 Å². The van der Waals surface area contributed by atoms with Gasteiger partial charge in [0.1, 0.15) is 4.83 Å². The van der Waals surface area contributed by atoms with Crippen LogP contribution in [0.3, 0.4) is 0 Å². The average Bonchev–Trinajstić information content (AvgIpc) is 2.93. The monoisotopic (exact) mass is 381 g/mol. The molecule has 3 heterocycles. The van der Waals surface area contributed by atoms with E-state index >= 15 is 0 Å². The number of thiophene rings is 1. The summed E-state index contributed by atoms with van der Waals surface area (Å²) in [7, 11) is 4.12. The molecular formula is C20H23N5OS. The average molecular weight is 382 g/mol. The highest BCUT2D eigenvalue weighted by Crippen LogP contribution is 2.29. The molecule has 0 aliphatic rings. The van der Waals surface area contributed by atoms with Crippen molar-refractivity contribution in [1.82, 2.24) is 19.5 Å². The Morgan fingerprint density at radius 1 is 1.19 bits per heavy atom. The van der Waals surface area contributed by atoms with Gasteiger partial charge < -0.3 is 10.2 Å². The number of nitrogens with zero attached hydrogens (tertiary/aromatic N) is 4. The smallest absolute Gasteiger partial charge is 0.283 e. The lowest BCUT2D eigenvalue weighted by Gasteiger charge is -2.13. The van der Waals surface area contributed by atoms with E-state index in [0.717, 1.165) is 51.4 Å². The van der Waals surface area contributed by atoms with E-state index in [0.29, 0.717) is 11.0 Å². The van der Waals surface area contributed by atoms with Crippen LogP contribution in [-0.4, -0.2) is 46.7 Å². The van der Waals surface area contributed by atoms with Crippen LogP contribution in [0.4, 0.5) is 5.82 Å². The summed E-state index contributed by atoms with van der Waals surface area (Å²) in [4.78, 5) is 22.0. The summed E-state index contributed by atoms with van der Waals surface area (Å²) in [5.41, 5.74) is 1.51. The van der Waals surface area contributed by atoms with E-state index in [1.807, 2.05) is 38.1 Å². The largest absolute Gasteiger partial charge is 0.368 e. The third-order valence-electron chi connectivity index (χ3n) is 4.88. The van der Waals surface area contributed by atoms with Crippen LogP contribution in [0.2, 0.25) is 0 Å². The molecule has 0 saturated carbocycles. The highest BCUT2D eigenvalue weighted by molar-refractivity contribution is 7.18. The molecule has 0 aliphatic heterocycles. The Bertz CT molecular complexity index is 1210. The lowest BCUT2D eigenvalue weighted by molar-refractivity contribution is 0.405. The molecule has 27 heavy (non-hydrogen) atoms. The molecule has 140 valence electrons. The molecule has 3 aromatic heterocycles. The fourth-order valence-electron chi connectivity index (χ4n) is 3.32. The maximum atomic E-state index is 13.2. The zero-order valence-corrected chi connectivity index (χ0v) is 16.9. The van der Waals surface area contributed by atoms with Gasteiger partial charge in [0, 0.05) is 22.2 Å². The van der Waals surface area contributed by atoms with E-state index in [2.05, 4.69) is 29.4 Å². The summed E-state index contributed by atoms with van der Waals surface area (Å²) < 4.78 is 1.46. The van der Waals surface area contributed by atoms with E-state index in [1.54, 1.807) is 11.3 Å². The molecule has 0 spiro atoms. The summed E-state index contributed by atoms with van der Waals surface area (Å²) in [5.74, 6) is 0.727. The van der Waals surface area contributed by atoms with Crippen LogP contribution in [-0.2, 0) is 0 Å². The highest BCUT2D eigenvalue weighted by Gasteiger charge is 2.17. The van der Waals surface area contributed by atoms with Crippen molar-refractivity contribution in [1.29, 1.82) is 0 Å². The van der Waals surface area contributed by atoms with Crippen LogP contribution in [0.15, 0.2) is 29.1 Å². The van der Waals surface area contributed by atoms with Gasteiger partial charge in [0.05, 0.1) is 5.39 Å². The minimum absolute atomic E-state index is 0.0982. The fourth-order valence-corrected chi connectivity index (χ4v) is 4.34. The van der Waals surface area contributed by atoms with Gasteiger partial charge in [-0.15, -0.1) is 16.4 Å². The summed E-state index contributed by atoms with van der Waals surface area (Å²) in [6, 6.07) is 7.99. The lowest BCUT2D eigenvalue weighted by Crippen LogP contribution is -2.21. The second-order valence-electron chi connectivity index (χ2n) is 7.09. The van der Waals surface area contributed by atoms with Crippen molar-refractivity contribution >= 4 is 43.8 Å². The first kappa shape index (κ1) is 17.9. The molecule has 0 atom stereocenters. The molecule has 0 bridgehead atoms. The maximum Gasteiger partial charge on any atom is 0.283 e. The van der Waals surface area contributed by atoms with E-state index < -0.39 is 0 Å². The quantitative estimate of drug-likeness (QED) is 0.424. The van der Waals surface area contributed by atoms with E-state index in [1.165, 1.54) is 4.52 Å². The van der Waals surface area contributed by atoms with Crippen LogP contribution in [0.5, 0.6) is 0 Å². The number of aryl methyl sites for hydroxylation is 2. The van der Waals surface area contributed by atoms with Crippen molar-refractivity contribution < 1.29 is 0 Å². The van der Waals surface area contributed by atoms with Crippen LogP contribution >= 0.6 is 11.3 Å². The molecule has 0 amide bonds. The zero-order chi connectivity index (χ0) is 19.1. The molecule has 0 fully saturated rings. The van der Waals surface area contributed by atoms with Crippen LogP contribution in [0.1, 0.15) is 16.9 Å². The molecule has 1 aromatic carbocycles. The second-order valence-corrected chi connectivity index (χ2v) is 8.30. The van der Waals surface area contributed by atoms with E-state index in [9.17, 15) is 4.79 Å². The van der Waals surface area contributed by atoms with Crippen molar-refractivity contribution in [2.24, 2.45) is 0 Å². The van der Waals surface area contributed by atoms with Gasteiger partial charge >= 0.3 is 0 Å². The van der Waals surface area contributed by atoms with Gasteiger partial charge in [-0.1, -0.05) is 24.3 Å². The second kappa shape index (κ2) is 6.90. The summed E-state index contributed by atoms with van der Waals surface area (Å²) in [6.07, 6.45) is 0.996. The molecule has 0 radical (unpaired) electrons. The summed E-state index contributed by atoms with van der Waals surface area (Å²) in [5, 5.41) is 10.6. The number of rotatable bonds is 5. The van der Waals surface area contributed by atoms with Gasteiger partial charge in [-0.2, -0.15) is 4.52 Å². The van der Waals surface area contributed by atoms with Crippen LogP contribution < -0.4 is 10.9 Å². The van der Waals surface area contributed by atoms with Gasteiger partial charge in [0.25, 0.3) is 5.56 Å². The molecular weight excluding hydrogens is 358 g/mol. The van der Waals surface area contributed by atoms with Crippen molar-refractivity contribution in [2.45, 2.75) is 20.3 Å². The molecule has 0 saturated heterocycles. The van der Waals surface area contributed by atoms with E-state index in [-0.39, 0.29) is 5.56 Å². The number of nitrogens with one attached hydrogen (secondary N) is 1. The first-order valence-electron chi connectivity index (χ1n) is 9.07. The SMILES string of the molecule is Cc1sc2nc3c4ccccc4c(NCCCN(C)C)nn3c(=O)c2c1C. The molecule has 1 N–H and O–H groups in total. The van der Waals surface area contributed by atoms with Crippen molar-refractivity contribution in [2.75, 3.05) is 32.5 Å². The van der Waals surface area contributed by atoms with Gasteiger partial charge in [0.15, 0.2) is 11.5 Å². The Hall–Kier alpha value is -2.51. The first-order valence-corrected chi connectivity index (χ1v) is 9.89. The zero-order valence-electron chi connectivity index (χ0n) is 16.0. The minimum atomic E-state index is -0.0982. The summed E-state index contributed by atoms with van der Waals surface area (Å²) in [6.45, 7) is 5.79. The number of hydrogen-bond donors (Lipinski definition) is 1. The fraction of sp³-hybridized carbons (Fsp3) is 0.350. The van der Waals surface area contributed by atoms with Crippen molar-refractivity contribution in [3.8, 4) is 0 Å². The van der Waals surface area contributed by atoms with Gasteiger partial charge in [-0.3, -0.25) is 4.79 Å². The Morgan fingerprint density at radius 2 is 1.93 bits per heavy atom. The predicted octanol–water partition coefficient (Wildman–Crippen LogP) is 3.44. The molecule has 4 aromatic rings. The third-order valence-corrected chi connectivity index (χ3v) is 5.98. The summed E-state index contributed by atoms with van der Waals surface area (Å²) >= 11 is 1.57. The van der Waals surface area contributed by atoms with Crippen LogP contribution in [0, 0.1) is 13.8 Å². The molecule has 0 aliphatic carbocycles. The molecule has 4 rings (SSSR count). The standard InChI is InChI=1S/C20H23N5OS/c1-12-13(2)27-19-16(12)20(26)25-18(22-19)15-9-6-5-8-14(15)17(23-25)21-10-7-11-24(3)4/h5-6,8-9H,7,10-11H2,1-4H3,(H,21,23). The normalized spacial score (nSPS) is 11.9. The maximum absolute atomic E-state index is 13.2. The number of aromatic nitrogens is 3. The lowest BCUT2D eigenvalue weighted by atomic mass is 10.1.